The van der Waals surface area contributed by atoms with Crippen LogP contribution in [0.3, 0.4) is 0 Å². The van der Waals surface area contributed by atoms with Gasteiger partial charge >= 0.3 is 0 Å². The van der Waals surface area contributed by atoms with Crippen molar-refractivity contribution >= 4 is 27.3 Å². The van der Waals surface area contributed by atoms with Crippen LogP contribution in [0.15, 0.2) is 24.3 Å². The van der Waals surface area contributed by atoms with Gasteiger partial charge in [-0.15, -0.1) is 11.3 Å². The summed E-state index contributed by atoms with van der Waals surface area (Å²) < 4.78 is 1.12. The quantitative estimate of drug-likeness (QED) is 0.519. The van der Waals surface area contributed by atoms with Crippen LogP contribution in [-0.4, -0.2) is 24.4 Å². The molecule has 0 aliphatic heterocycles. The summed E-state index contributed by atoms with van der Waals surface area (Å²) in [7, 11) is 2.09. The van der Waals surface area contributed by atoms with Gasteiger partial charge in [-0.2, -0.15) is 0 Å². The van der Waals surface area contributed by atoms with E-state index in [-0.39, 0.29) is 11.3 Å². The van der Waals surface area contributed by atoms with E-state index in [9.17, 15) is 4.79 Å². The Morgan fingerprint density at radius 3 is 2.62 bits per heavy atom. The molecule has 4 nitrogen and oxygen atoms in total. The lowest BCUT2D eigenvalue weighted by molar-refractivity contribution is 0.0956. The molecule has 1 aromatic heterocycles. The van der Waals surface area contributed by atoms with Gasteiger partial charge in [0.05, 0.1) is 4.88 Å². The Labute approximate surface area is 129 Å². The van der Waals surface area contributed by atoms with Gasteiger partial charge in [-0.3, -0.25) is 10.2 Å². The fourth-order valence-electron chi connectivity index (χ4n) is 2.64. The average molecular weight is 305 g/mol. The lowest BCUT2D eigenvalue weighted by atomic mass is 9.96. The van der Waals surface area contributed by atoms with Gasteiger partial charge in [0.25, 0.3) is 5.91 Å². The van der Waals surface area contributed by atoms with E-state index in [0.29, 0.717) is 4.88 Å². The number of fused-ring (bicyclic) bond motifs is 1. The summed E-state index contributed by atoms with van der Waals surface area (Å²) in [5.41, 5.74) is 3.54. The van der Waals surface area contributed by atoms with Crippen molar-refractivity contribution in [2.24, 2.45) is 11.3 Å². The Kier molecular flexibility index (Phi) is 4.66. The molecule has 0 unspecified atom stereocenters. The molecule has 21 heavy (non-hydrogen) atoms. The van der Waals surface area contributed by atoms with Gasteiger partial charge < -0.3 is 4.90 Å². The van der Waals surface area contributed by atoms with Crippen molar-refractivity contribution in [3.05, 3.63) is 34.7 Å². The number of nitrogens with zero attached hydrogens (tertiary/aromatic N) is 1. The Balaban J connectivity index is 2.38. The van der Waals surface area contributed by atoms with Crippen LogP contribution < -0.4 is 11.3 Å². The fourth-order valence-corrected chi connectivity index (χ4v) is 3.76. The number of amides is 1. The third-order valence-corrected chi connectivity index (χ3v) is 4.42. The van der Waals surface area contributed by atoms with Crippen LogP contribution in [0.2, 0.25) is 0 Å². The molecule has 1 amide bonds. The molecule has 1 aromatic carbocycles. The van der Waals surface area contributed by atoms with Crippen LogP contribution in [0, 0.1) is 5.41 Å². The van der Waals surface area contributed by atoms with E-state index in [4.69, 9.17) is 5.84 Å². The molecule has 0 fully saturated rings. The first-order valence-electron chi connectivity index (χ1n) is 7.02. The SMILES string of the molecule is CN(Cc1c(C(=O)NN)sc2ccccc12)CC(C)(C)C. The maximum absolute atomic E-state index is 12.0. The Hall–Kier alpha value is -1.43. The maximum Gasteiger partial charge on any atom is 0.275 e. The Morgan fingerprint density at radius 1 is 1.33 bits per heavy atom. The molecule has 1 heterocycles. The van der Waals surface area contributed by atoms with Crippen molar-refractivity contribution in [2.45, 2.75) is 27.3 Å². The third-order valence-electron chi connectivity index (χ3n) is 3.21. The van der Waals surface area contributed by atoms with Crippen molar-refractivity contribution in [1.82, 2.24) is 10.3 Å². The van der Waals surface area contributed by atoms with E-state index in [1.165, 1.54) is 11.3 Å². The minimum absolute atomic E-state index is 0.213. The van der Waals surface area contributed by atoms with Gasteiger partial charge in [0.15, 0.2) is 0 Å². The Morgan fingerprint density at radius 2 is 2.00 bits per heavy atom. The number of hydrazine groups is 1. The predicted molar refractivity (Wildman–Crippen MR) is 89.3 cm³/mol. The van der Waals surface area contributed by atoms with Crippen molar-refractivity contribution in [3.63, 3.8) is 0 Å². The first-order valence-corrected chi connectivity index (χ1v) is 7.83. The van der Waals surface area contributed by atoms with E-state index in [1.807, 2.05) is 18.2 Å². The van der Waals surface area contributed by atoms with Gasteiger partial charge in [0.2, 0.25) is 0 Å². The number of nitrogens with one attached hydrogen (secondary N) is 1. The van der Waals surface area contributed by atoms with Crippen LogP contribution in [-0.2, 0) is 6.54 Å². The van der Waals surface area contributed by atoms with E-state index >= 15 is 0 Å². The minimum atomic E-state index is -0.213. The van der Waals surface area contributed by atoms with Crippen molar-refractivity contribution < 1.29 is 4.79 Å². The number of nitrogen functional groups attached to an aromatic ring is 1. The number of thiophene rings is 1. The maximum atomic E-state index is 12.0. The predicted octanol–water partition coefficient (Wildman–Crippen LogP) is 2.98. The number of nitrogens with two attached hydrogens (primary N) is 1. The van der Waals surface area contributed by atoms with Gasteiger partial charge in [-0.1, -0.05) is 39.0 Å². The van der Waals surface area contributed by atoms with Crippen molar-refractivity contribution in [3.8, 4) is 0 Å². The van der Waals surface area contributed by atoms with Crippen LogP contribution in [0.25, 0.3) is 10.1 Å². The molecule has 114 valence electrons. The van der Waals surface area contributed by atoms with E-state index in [2.05, 4.69) is 44.2 Å². The minimum Gasteiger partial charge on any atom is -0.302 e. The van der Waals surface area contributed by atoms with Gasteiger partial charge in [-0.05, 0) is 29.5 Å². The molecule has 0 atom stereocenters. The molecule has 0 bridgehead atoms. The number of hydrogen-bond donors (Lipinski definition) is 2. The van der Waals surface area contributed by atoms with E-state index in [1.54, 1.807) is 0 Å². The van der Waals surface area contributed by atoms with Crippen molar-refractivity contribution in [2.75, 3.05) is 13.6 Å². The third kappa shape index (κ3) is 3.81. The molecule has 0 saturated carbocycles. The normalized spacial score (nSPS) is 12.1. The molecule has 0 saturated heterocycles. The molecule has 0 radical (unpaired) electrons. The summed E-state index contributed by atoms with van der Waals surface area (Å²) in [5.74, 6) is 5.11. The average Bonchev–Trinajstić information content (AvgIpc) is 2.75. The fraction of sp³-hybridized carbons (Fsp3) is 0.438. The highest BCUT2D eigenvalue weighted by Gasteiger charge is 2.20. The zero-order valence-electron chi connectivity index (χ0n) is 13.1. The summed E-state index contributed by atoms with van der Waals surface area (Å²) in [4.78, 5) is 15.0. The summed E-state index contributed by atoms with van der Waals surface area (Å²) >= 11 is 1.50. The highest BCUT2D eigenvalue weighted by Crippen LogP contribution is 2.32. The molecule has 0 spiro atoms. The summed E-state index contributed by atoms with van der Waals surface area (Å²) in [6, 6.07) is 8.11. The summed E-state index contributed by atoms with van der Waals surface area (Å²) in [5, 5.41) is 1.14. The second-order valence-corrected chi connectivity index (χ2v) is 7.66. The zero-order chi connectivity index (χ0) is 15.6. The number of carbonyl (C=O) groups is 1. The standard InChI is InChI=1S/C16H23N3OS/c1-16(2,3)10-19(4)9-12-11-7-5-6-8-13(11)21-14(12)15(20)18-17/h5-8H,9-10,17H2,1-4H3,(H,18,20). The molecule has 5 heteroatoms. The lowest BCUT2D eigenvalue weighted by Gasteiger charge is -2.26. The molecule has 3 N–H and O–H groups in total. The zero-order valence-corrected chi connectivity index (χ0v) is 13.9. The number of rotatable bonds is 4. The molecular weight excluding hydrogens is 282 g/mol. The second kappa shape index (κ2) is 6.13. The van der Waals surface area contributed by atoms with Crippen LogP contribution in [0.1, 0.15) is 36.0 Å². The molecule has 2 rings (SSSR count). The van der Waals surface area contributed by atoms with Gasteiger partial charge in [0, 0.05) is 17.8 Å². The molecular formula is C16H23N3OS. The van der Waals surface area contributed by atoms with E-state index < -0.39 is 0 Å². The summed E-state index contributed by atoms with van der Waals surface area (Å²) in [6.07, 6.45) is 0. The Bertz CT molecular complexity index is 642. The van der Waals surface area contributed by atoms with Gasteiger partial charge in [0.1, 0.15) is 0 Å². The summed E-state index contributed by atoms with van der Waals surface area (Å²) in [6.45, 7) is 8.33. The highest BCUT2D eigenvalue weighted by atomic mass is 32.1. The van der Waals surface area contributed by atoms with Gasteiger partial charge in [-0.25, -0.2) is 5.84 Å². The molecule has 2 aromatic rings. The first-order chi connectivity index (χ1) is 9.81. The monoisotopic (exact) mass is 305 g/mol. The first kappa shape index (κ1) is 15.9. The topological polar surface area (TPSA) is 58.4 Å². The van der Waals surface area contributed by atoms with E-state index in [0.717, 1.165) is 28.7 Å². The second-order valence-electron chi connectivity index (χ2n) is 6.61. The van der Waals surface area contributed by atoms with Crippen LogP contribution in [0.4, 0.5) is 0 Å². The number of benzene rings is 1. The van der Waals surface area contributed by atoms with Crippen LogP contribution in [0.5, 0.6) is 0 Å². The van der Waals surface area contributed by atoms with Crippen LogP contribution >= 0.6 is 11.3 Å². The lowest BCUT2D eigenvalue weighted by Crippen LogP contribution is -2.32. The highest BCUT2D eigenvalue weighted by molar-refractivity contribution is 7.21. The molecule has 0 aliphatic rings. The smallest absolute Gasteiger partial charge is 0.275 e. The largest absolute Gasteiger partial charge is 0.302 e. The number of hydrogen-bond acceptors (Lipinski definition) is 4. The number of carbonyl (C=O) groups excluding carboxylic acids is 1. The van der Waals surface area contributed by atoms with Crippen molar-refractivity contribution in [1.29, 1.82) is 0 Å². The molecule has 0 aliphatic carbocycles.